The number of methoxy groups -OCH3 is 1. The van der Waals surface area contributed by atoms with Crippen LogP contribution in [0.2, 0.25) is 5.02 Å². The van der Waals surface area contributed by atoms with Crippen LogP contribution in [0, 0.1) is 5.92 Å². The van der Waals surface area contributed by atoms with Gasteiger partial charge in [-0.3, -0.25) is 0 Å². The van der Waals surface area contributed by atoms with E-state index in [9.17, 15) is 9.90 Å². The van der Waals surface area contributed by atoms with Crippen molar-refractivity contribution in [1.29, 1.82) is 0 Å². The van der Waals surface area contributed by atoms with E-state index in [-0.39, 0.29) is 12.5 Å². The number of hydrogen-bond acceptors (Lipinski definition) is 3. The predicted molar refractivity (Wildman–Crippen MR) is 79.9 cm³/mol. The van der Waals surface area contributed by atoms with Gasteiger partial charge in [0.05, 0.1) is 11.6 Å². The molecule has 1 rings (SSSR count). The van der Waals surface area contributed by atoms with Gasteiger partial charge in [-0.25, -0.2) is 4.79 Å². The van der Waals surface area contributed by atoms with Crippen LogP contribution in [0.15, 0.2) is 22.7 Å². The number of nitrogens with one attached hydrogen (secondary N) is 1. The van der Waals surface area contributed by atoms with Crippen LogP contribution in [-0.4, -0.2) is 30.3 Å². The van der Waals surface area contributed by atoms with Gasteiger partial charge in [0.1, 0.15) is 0 Å². The topological polar surface area (TPSA) is 58.6 Å². The highest BCUT2D eigenvalue weighted by Gasteiger charge is 2.42. The molecule has 0 aliphatic heterocycles. The van der Waals surface area contributed by atoms with Gasteiger partial charge >= 0.3 is 5.97 Å². The van der Waals surface area contributed by atoms with E-state index in [0.29, 0.717) is 15.2 Å². The van der Waals surface area contributed by atoms with Crippen LogP contribution < -0.4 is 5.32 Å². The number of aliphatic carboxylic acids is 1. The first kappa shape index (κ1) is 16.3. The fourth-order valence-corrected chi connectivity index (χ4v) is 2.26. The van der Waals surface area contributed by atoms with Crippen molar-refractivity contribution in [3.05, 3.63) is 27.7 Å². The largest absolute Gasteiger partial charge is 0.479 e. The molecule has 0 aliphatic rings. The number of carboxylic acid groups (broad SMARTS) is 1. The summed E-state index contributed by atoms with van der Waals surface area (Å²) in [6.45, 7) is 3.75. The van der Waals surface area contributed by atoms with Crippen LogP contribution in [0.5, 0.6) is 0 Å². The van der Waals surface area contributed by atoms with Gasteiger partial charge in [0.2, 0.25) is 0 Å². The van der Waals surface area contributed by atoms with Crippen molar-refractivity contribution in [2.24, 2.45) is 5.92 Å². The Kier molecular flexibility index (Phi) is 5.64. The summed E-state index contributed by atoms with van der Waals surface area (Å²) in [5, 5.41) is 13.1. The van der Waals surface area contributed by atoms with E-state index >= 15 is 0 Å². The average Bonchev–Trinajstić information content (AvgIpc) is 2.32. The van der Waals surface area contributed by atoms with Gasteiger partial charge in [0.15, 0.2) is 5.54 Å². The lowest BCUT2D eigenvalue weighted by Gasteiger charge is -2.34. The van der Waals surface area contributed by atoms with E-state index in [0.717, 1.165) is 0 Å². The van der Waals surface area contributed by atoms with E-state index in [4.69, 9.17) is 16.3 Å². The quantitative estimate of drug-likeness (QED) is 0.822. The van der Waals surface area contributed by atoms with Crippen LogP contribution in [0.1, 0.15) is 13.8 Å². The normalized spacial score (nSPS) is 14.2. The lowest BCUT2D eigenvalue weighted by atomic mass is 9.86. The number of rotatable bonds is 6. The maximum absolute atomic E-state index is 11.6. The summed E-state index contributed by atoms with van der Waals surface area (Å²) < 4.78 is 5.78. The summed E-state index contributed by atoms with van der Waals surface area (Å²) in [5.41, 5.74) is -0.508. The molecule has 6 heteroatoms. The standard InChI is InChI=1S/C13H17BrClNO3/c1-8(2)13(7-19-3,12(17)18)16-9-4-5-11(15)10(14)6-9/h4-6,8,16H,7H2,1-3H3,(H,17,18). The molecule has 0 aliphatic carbocycles. The Morgan fingerprint density at radius 2 is 2.21 bits per heavy atom. The Labute approximate surface area is 126 Å². The minimum Gasteiger partial charge on any atom is -0.479 e. The second kappa shape index (κ2) is 6.59. The summed E-state index contributed by atoms with van der Waals surface area (Å²) in [5.74, 6) is -1.10. The van der Waals surface area contributed by atoms with Crippen LogP contribution in [0.4, 0.5) is 5.69 Å². The van der Waals surface area contributed by atoms with E-state index < -0.39 is 11.5 Å². The monoisotopic (exact) mass is 349 g/mol. The summed E-state index contributed by atoms with van der Waals surface area (Å²) in [7, 11) is 1.49. The molecule has 0 amide bonds. The molecule has 4 nitrogen and oxygen atoms in total. The maximum atomic E-state index is 11.6. The lowest BCUT2D eigenvalue weighted by molar-refractivity contribution is -0.146. The van der Waals surface area contributed by atoms with Crippen molar-refractivity contribution in [2.45, 2.75) is 19.4 Å². The molecule has 1 aromatic carbocycles. The molecule has 106 valence electrons. The van der Waals surface area contributed by atoms with Gasteiger partial charge in [-0.15, -0.1) is 0 Å². The first-order valence-electron chi connectivity index (χ1n) is 5.79. The fraction of sp³-hybridized carbons (Fsp3) is 0.462. The number of halogens is 2. The molecule has 2 N–H and O–H groups in total. The third-order valence-electron chi connectivity index (χ3n) is 3.03. The first-order chi connectivity index (χ1) is 8.83. The van der Waals surface area contributed by atoms with Gasteiger partial charge in [0, 0.05) is 17.3 Å². The van der Waals surface area contributed by atoms with Gasteiger partial charge < -0.3 is 15.2 Å². The van der Waals surface area contributed by atoms with Crippen molar-refractivity contribution in [3.8, 4) is 0 Å². The highest BCUT2D eigenvalue weighted by atomic mass is 79.9. The summed E-state index contributed by atoms with van der Waals surface area (Å²) in [6.07, 6.45) is 0. The molecule has 0 spiro atoms. The number of ether oxygens (including phenoxy) is 1. The van der Waals surface area contributed by atoms with Gasteiger partial charge in [-0.2, -0.15) is 0 Å². The highest BCUT2D eigenvalue weighted by molar-refractivity contribution is 9.10. The summed E-state index contributed by atoms with van der Waals surface area (Å²) in [6, 6.07) is 5.19. The third kappa shape index (κ3) is 3.61. The molecule has 0 fully saturated rings. The van der Waals surface area contributed by atoms with E-state index in [1.54, 1.807) is 18.2 Å². The second-order valence-electron chi connectivity index (χ2n) is 4.62. The molecule has 0 radical (unpaired) electrons. The highest BCUT2D eigenvalue weighted by Crippen LogP contribution is 2.29. The molecular formula is C13H17BrClNO3. The number of carboxylic acids is 1. The van der Waals surface area contributed by atoms with Crippen molar-refractivity contribution < 1.29 is 14.6 Å². The van der Waals surface area contributed by atoms with E-state index in [1.807, 2.05) is 13.8 Å². The molecule has 0 aromatic heterocycles. The van der Waals surface area contributed by atoms with Gasteiger partial charge in [-0.1, -0.05) is 25.4 Å². The molecule has 1 unspecified atom stereocenters. The Bertz CT molecular complexity index is 467. The Morgan fingerprint density at radius 1 is 1.58 bits per heavy atom. The fourth-order valence-electron chi connectivity index (χ4n) is 1.77. The predicted octanol–water partition coefficient (Wildman–Crippen LogP) is 3.64. The molecule has 0 heterocycles. The second-order valence-corrected chi connectivity index (χ2v) is 5.88. The molecule has 19 heavy (non-hydrogen) atoms. The molecule has 0 saturated heterocycles. The summed E-state index contributed by atoms with van der Waals surface area (Å²) in [4.78, 5) is 11.6. The minimum atomic E-state index is -1.18. The molecule has 0 saturated carbocycles. The van der Waals surface area contributed by atoms with Crippen molar-refractivity contribution >= 4 is 39.2 Å². The van der Waals surface area contributed by atoms with Crippen LogP contribution in [-0.2, 0) is 9.53 Å². The molecule has 1 aromatic rings. The Balaban J connectivity index is 3.12. The third-order valence-corrected chi connectivity index (χ3v) is 4.24. The van der Waals surface area contributed by atoms with Gasteiger partial charge in [-0.05, 0) is 40.0 Å². The first-order valence-corrected chi connectivity index (χ1v) is 6.96. The average molecular weight is 351 g/mol. The Morgan fingerprint density at radius 3 is 2.63 bits per heavy atom. The number of anilines is 1. The number of hydrogen-bond donors (Lipinski definition) is 2. The zero-order valence-electron chi connectivity index (χ0n) is 11.0. The minimum absolute atomic E-state index is 0.0697. The smallest absolute Gasteiger partial charge is 0.332 e. The van der Waals surface area contributed by atoms with Gasteiger partial charge in [0.25, 0.3) is 0 Å². The van der Waals surface area contributed by atoms with Crippen LogP contribution >= 0.6 is 27.5 Å². The molecule has 0 bridgehead atoms. The Hall–Kier alpha value is -0.780. The maximum Gasteiger partial charge on any atom is 0.332 e. The SMILES string of the molecule is COCC(Nc1ccc(Cl)c(Br)c1)(C(=O)O)C(C)C. The number of carbonyl (C=O) groups is 1. The van der Waals surface area contributed by atoms with E-state index in [1.165, 1.54) is 7.11 Å². The van der Waals surface area contributed by atoms with Crippen LogP contribution in [0.3, 0.4) is 0 Å². The molecular weight excluding hydrogens is 334 g/mol. The van der Waals surface area contributed by atoms with Crippen LogP contribution in [0.25, 0.3) is 0 Å². The van der Waals surface area contributed by atoms with Crippen molar-refractivity contribution in [3.63, 3.8) is 0 Å². The zero-order chi connectivity index (χ0) is 14.6. The van der Waals surface area contributed by atoms with Crippen molar-refractivity contribution in [2.75, 3.05) is 19.0 Å². The lowest BCUT2D eigenvalue weighted by Crippen LogP contribution is -2.54. The van der Waals surface area contributed by atoms with E-state index in [2.05, 4.69) is 21.2 Å². The molecule has 1 atom stereocenters. The number of benzene rings is 1. The zero-order valence-corrected chi connectivity index (χ0v) is 13.4. The summed E-state index contributed by atoms with van der Waals surface area (Å²) >= 11 is 9.24. The van der Waals surface area contributed by atoms with Crippen molar-refractivity contribution in [1.82, 2.24) is 0 Å².